The average Bonchev–Trinajstić information content (AvgIpc) is 2.70. The van der Waals surface area contributed by atoms with Gasteiger partial charge in [0.2, 0.25) is 0 Å². The van der Waals surface area contributed by atoms with E-state index in [2.05, 4.69) is 28.5 Å². The van der Waals surface area contributed by atoms with Crippen LogP contribution in [0.15, 0.2) is 18.2 Å². The molecule has 1 aromatic carbocycles. The van der Waals surface area contributed by atoms with Gasteiger partial charge in [0.25, 0.3) is 0 Å². The fourth-order valence-electron chi connectivity index (χ4n) is 2.13. The molecule has 0 saturated carbocycles. The number of hydrogen-bond acceptors (Lipinski definition) is 3. The van der Waals surface area contributed by atoms with E-state index in [-0.39, 0.29) is 6.61 Å². The second-order valence-corrected chi connectivity index (χ2v) is 5.38. The van der Waals surface area contributed by atoms with Gasteiger partial charge in [0.1, 0.15) is 5.82 Å². The first kappa shape index (κ1) is 14.3. The van der Waals surface area contributed by atoms with E-state index in [0.717, 1.165) is 42.8 Å². The van der Waals surface area contributed by atoms with E-state index >= 15 is 0 Å². The van der Waals surface area contributed by atoms with E-state index in [0.29, 0.717) is 5.02 Å². The number of aliphatic hydroxyl groups excluding tert-OH is 1. The van der Waals surface area contributed by atoms with Crippen molar-refractivity contribution in [1.29, 1.82) is 0 Å². The molecule has 1 aromatic heterocycles. The first-order valence-electron chi connectivity index (χ1n) is 6.52. The van der Waals surface area contributed by atoms with Crippen LogP contribution in [0.4, 0.5) is 0 Å². The minimum atomic E-state index is 0.192. The minimum absolute atomic E-state index is 0.192. The van der Waals surface area contributed by atoms with Crippen molar-refractivity contribution in [2.24, 2.45) is 0 Å². The maximum absolute atomic E-state index is 8.99. The number of halogens is 1. The molecule has 0 aliphatic heterocycles. The number of fused-ring (bicyclic) bond motifs is 1. The molecular formula is C14H20ClN3O. The summed E-state index contributed by atoms with van der Waals surface area (Å²) in [7, 11) is 4.12. The molecular weight excluding hydrogens is 262 g/mol. The van der Waals surface area contributed by atoms with E-state index in [1.54, 1.807) is 0 Å². The molecule has 0 spiro atoms. The third-order valence-corrected chi connectivity index (χ3v) is 3.35. The van der Waals surface area contributed by atoms with Crippen LogP contribution in [0, 0.1) is 0 Å². The number of likely N-dealkylation sites (N-methyl/N-ethyl adjacent to an activating group) is 1. The molecule has 0 atom stereocenters. The molecule has 0 aliphatic rings. The summed E-state index contributed by atoms with van der Waals surface area (Å²) in [6, 6.07) is 5.81. The van der Waals surface area contributed by atoms with Crippen LogP contribution in [0.5, 0.6) is 0 Å². The van der Waals surface area contributed by atoms with Crippen LogP contribution in [0.2, 0.25) is 5.02 Å². The fraction of sp³-hybridized carbons (Fsp3) is 0.500. The van der Waals surface area contributed by atoms with Gasteiger partial charge in [0.05, 0.1) is 11.0 Å². The standard InChI is InChI=1S/C14H20ClN3O/c1-17(2)7-8-18-13-6-5-11(15)10-12(13)16-14(18)4-3-9-19/h5-6,10,19H,3-4,7-9H2,1-2H3. The Labute approximate surface area is 118 Å². The maximum atomic E-state index is 8.99. The number of imidazole rings is 1. The van der Waals surface area contributed by atoms with Gasteiger partial charge in [-0.15, -0.1) is 0 Å². The van der Waals surface area contributed by atoms with Gasteiger partial charge in [0, 0.05) is 31.1 Å². The second-order valence-electron chi connectivity index (χ2n) is 4.94. The molecule has 0 fully saturated rings. The Morgan fingerprint density at radius 2 is 2.16 bits per heavy atom. The lowest BCUT2D eigenvalue weighted by Crippen LogP contribution is -2.19. The Morgan fingerprint density at radius 3 is 2.84 bits per heavy atom. The molecule has 5 heteroatoms. The molecule has 0 bridgehead atoms. The summed E-state index contributed by atoms with van der Waals surface area (Å²) in [5.74, 6) is 1.02. The summed E-state index contributed by atoms with van der Waals surface area (Å²) >= 11 is 6.01. The van der Waals surface area contributed by atoms with E-state index in [9.17, 15) is 0 Å². The smallest absolute Gasteiger partial charge is 0.109 e. The number of nitrogens with zero attached hydrogens (tertiary/aromatic N) is 3. The molecule has 0 unspecified atom stereocenters. The summed E-state index contributed by atoms with van der Waals surface area (Å²) < 4.78 is 2.22. The lowest BCUT2D eigenvalue weighted by atomic mass is 10.3. The Kier molecular flexibility index (Phi) is 4.80. The summed E-state index contributed by atoms with van der Waals surface area (Å²) in [6.45, 7) is 2.05. The summed E-state index contributed by atoms with van der Waals surface area (Å²) in [6.07, 6.45) is 1.52. The van der Waals surface area contributed by atoms with Crippen molar-refractivity contribution in [2.45, 2.75) is 19.4 Å². The summed E-state index contributed by atoms with van der Waals surface area (Å²) in [4.78, 5) is 6.79. The topological polar surface area (TPSA) is 41.3 Å². The number of hydrogen-bond donors (Lipinski definition) is 1. The molecule has 2 rings (SSSR count). The van der Waals surface area contributed by atoms with Crippen LogP contribution >= 0.6 is 11.6 Å². The zero-order chi connectivity index (χ0) is 13.8. The molecule has 4 nitrogen and oxygen atoms in total. The van der Waals surface area contributed by atoms with Crippen molar-refractivity contribution >= 4 is 22.6 Å². The first-order chi connectivity index (χ1) is 9.11. The number of aryl methyl sites for hydroxylation is 1. The van der Waals surface area contributed by atoms with E-state index in [4.69, 9.17) is 16.7 Å². The minimum Gasteiger partial charge on any atom is -0.396 e. The van der Waals surface area contributed by atoms with Crippen LogP contribution in [0.3, 0.4) is 0 Å². The Hall–Kier alpha value is -1.10. The highest BCUT2D eigenvalue weighted by Crippen LogP contribution is 2.21. The molecule has 104 valence electrons. The van der Waals surface area contributed by atoms with Crippen LogP contribution in [0.1, 0.15) is 12.2 Å². The molecule has 0 saturated heterocycles. The predicted octanol–water partition coefficient (Wildman–Crippen LogP) is 2.18. The quantitative estimate of drug-likeness (QED) is 0.882. The van der Waals surface area contributed by atoms with Gasteiger partial charge in [-0.1, -0.05) is 11.6 Å². The molecule has 2 aromatic rings. The number of aliphatic hydroxyl groups is 1. The van der Waals surface area contributed by atoms with Crippen molar-refractivity contribution in [2.75, 3.05) is 27.2 Å². The number of rotatable bonds is 6. The monoisotopic (exact) mass is 281 g/mol. The summed E-state index contributed by atoms with van der Waals surface area (Å²) in [5, 5.41) is 9.70. The van der Waals surface area contributed by atoms with Crippen molar-refractivity contribution < 1.29 is 5.11 Å². The Bertz CT molecular complexity index is 551. The third kappa shape index (κ3) is 3.47. The van der Waals surface area contributed by atoms with Gasteiger partial charge in [-0.25, -0.2) is 4.98 Å². The van der Waals surface area contributed by atoms with Crippen molar-refractivity contribution in [3.8, 4) is 0 Å². The largest absolute Gasteiger partial charge is 0.396 e. The summed E-state index contributed by atoms with van der Waals surface area (Å²) in [5.41, 5.74) is 2.04. The van der Waals surface area contributed by atoms with Crippen LogP contribution in [0.25, 0.3) is 11.0 Å². The molecule has 0 radical (unpaired) electrons. The molecule has 0 amide bonds. The van der Waals surface area contributed by atoms with Gasteiger partial charge in [-0.05, 0) is 38.7 Å². The predicted molar refractivity (Wildman–Crippen MR) is 78.7 cm³/mol. The zero-order valence-electron chi connectivity index (χ0n) is 11.4. The number of aromatic nitrogens is 2. The first-order valence-corrected chi connectivity index (χ1v) is 6.90. The molecule has 19 heavy (non-hydrogen) atoms. The van der Waals surface area contributed by atoms with Crippen LogP contribution < -0.4 is 0 Å². The molecule has 1 heterocycles. The Morgan fingerprint density at radius 1 is 1.37 bits per heavy atom. The van der Waals surface area contributed by atoms with Crippen molar-refractivity contribution in [1.82, 2.24) is 14.5 Å². The average molecular weight is 282 g/mol. The van der Waals surface area contributed by atoms with Crippen molar-refractivity contribution in [3.63, 3.8) is 0 Å². The van der Waals surface area contributed by atoms with Gasteiger partial charge >= 0.3 is 0 Å². The van der Waals surface area contributed by atoms with E-state index in [1.165, 1.54) is 0 Å². The van der Waals surface area contributed by atoms with Gasteiger partial charge < -0.3 is 14.6 Å². The SMILES string of the molecule is CN(C)CCn1c(CCCO)nc2cc(Cl)ccc21. The highest BCUT2D eigenvalue weighted by atomic mass is 35.5. The molecule has 1 N–H and O–H groups in total. The normalized spacial score (nSPS) is 11.6. The third-order valence-electron chi connectivity index (χ3n) is 3.12. The van der Waals surface area contributed by atoms with Gasteiger partial charge in [0.15, 0.2) is 0 Å². The van der Waals surface area contributed by atoms with Crippen LogP contribution in [-0.4, -0.2) is 46.8 Å². The highest BCUT2D eigenvalue weighted by molar-refractivity contribution is 6.31. The number of benzene rings is 1. The van der Waals surface area contributed by atoms with Crippen LogP contribution in [-0.2, 0) is 13.0 Å². The highest BCUT2D eigenvalue weighted by Gasteiger charge is 2.10. The fourth-order valence-corrected chi connectivity index (χ4v) is 2.30. The Balaban J connectivity index is 2.36. The maximum Gasteiger partial charge on any atom is 0.109 e. The van der Waals surface area contributed by atoms with Gasteiger partial charge in [-0.2, -0.15) is 0 Å². The van der Waals surface area contributed by atoms with Crippen molar-refractivity contribution in [3.05, 3.63) is 29.0 Å². The van der Waals surface area contributed by atoms with E-state index < -0.39 is 0 Å². The second kappa shape index (κ2) is 6.37. The lowest BCUT2D eigenvalue weighted by molar-refractivity contribution is 0.286. The zero-order valence-corrected chi connectivity index (χ0v) is 12.2. The molecule has 0 aliphatic carbocycles. The lowest BCUT2D eigenvalue weighted by Gasteiger charge is -2.13. The van der Waals surface area contributed by atoms with Gasteiger partial charge in [-0.3, -0.25) is 0 Å². The van der Waals surface area contributed by atoms with E-state index in [1.807, 2.05) is 18.2 Å².